The second-order valence-electron chi connectivity index (χ2n) is 7.88. The Labute approximate surface area is 189 Å². The minimum atomic E-state index is -0.317. The normalized spacial score (nSPS) is 16.2. The highest BCUT2D eigenvalue weighted by atomic mass is 32.2. The van der Waals surface area contributed by atoms with Crippen LogP contribution in [0.4, 0.5) is 4.79 Å². The van der Waals surface area contributed by atoms with Gasteiger partial charge >= 0.3 is 0 Å². The van der Waals surface area contributed by atoms with Gasteiger partial charge in [-0.25, -0.2) is 0 Å². The Morgan fingerprint density at radius 1 is 1.00 bits per heavy atom. The molecule has 0 aliphatic carbocycles. The summed E-state index contributed by atoms with van der Waals surface area (Å²) in [6.45, 7) is 5.38. The maximum absolute atomic E-state index is 12.6. The van der Waals surface area contributed by atoms with E-state index in [1.54, 1.807) is 0 Å². The van der Waals surface area contributed by atoms with Crippen LogP contribution in [0.2, 0.25) is 0 Å². The fourth-order valence-electron chi connectivity index (χ4n) is 3.55. The quantitative estimate of drug-likeness (QED) is 0.411. The van der Waals surface area contributed by atoms with Gasteiger partial charge in [-0.05, 0) is 48.6 Å². The van der Waals surface area contributed by atoms with Gasteiger partial charge in [0.25, 0.3) is 5.24 Å². The minimum absolute atomic E-state index is 0.0478. The molecule has 1 saturated heterocycles. The number of carbonyl (C=O) groups excluding carboxylic acids is 2. The average Bonchev–Trinajstić information content (AvgIpc) is 3.05. The summed E-state index contributed by atoms with van der Waals surface area (Å²) in [5.74, 6) is 0.751. The predicted molar refractivity (Wildman–Crippen MR) is 126 cm³/mol. The number of rotatable bonds is 12. The third kappa shape index (κ3) is 6.82. The number of benzene rings is 1. The summed E-state index contributed by atoms with van der Waals surface area (Å²) in [6, 6.07) is 12.0. The Bertz CT molecular complexity index is 852. The molecule has 1 fully saturated rings. The van der Waals surface area contributed by atoms with Crippen molar-refractivity contribution >= 4 is 22.9 Å². The first-order valence-corrected chi connectivity index (χ1v) is 12.2. The van der Waals surface area contributed by atoms with Crippen molar-refractivity contribution in [2.75, 3.05) is 13.2 Å². The molecule has 1 unspecified atom stereocenters. The monoisotopic (exact) mass is 440 g/mol. The van der Waals surface area contributed by atoms with Crippen molar-refractivity contribution in [3.63, 3.8) is 0 Å². The number of aromatic nitrogens is 1. The zero-order chi connectivity index (χ0) is 22.1. The second kappa shape index (κ2) is 11.9. The number of pyridine rings is 1. The summed E-state index contributed by atoms with van der Waals surface area (Å²) in [5.41, 5.74) is 3.30. The molecule has 5 nitrogen and oxygen atoms in total. The van der Waals surface area contributed by atoms with Crippen LogP contribution in [0.15, 0.2) is 42.6 Å². The smallest absolute Gasteiger partial charge is 0.289 e. The van der Waals surface area contributed by atoms with Crippen LogP contribution in [0.1, 0.15) is 56.4 Å². The van der Waals surface area contributed by atoms with Crippen LogP contribution in [0.5, 0.6) is 5.75 Å². The van der Waals surface area contributed by atoms with Gasteiger partial charge < -0.3 is 4.74 Å². The van der Waals surface area contributed by atoms with Crippen LogP contribution >= 0.6 is 11.8 Å². The molecule has 0 N–H and O–H groups in total. The van der Waals surface area contributed by atoms with E-state index >= 15 is 0 Å². The van der Waals surface area contributed by atoms with Crippen LogP contribution in [-0.4, -0.2) is 39.4 Å². The van der Waals surface area contributed by atoms with Crippen LogP contribution in [-0.2, 0) is 24.1 Å². The van der Waals surface area contributed by atoms with Crippen molar-refractivity contribution in [2.45, 2.75) is 64.0 Å². The molecule has 0 spiro atoms. The number of imide groups is 1. The van der Waals surface area contributed by atoms with E-state index in [0.29, 0.717) is 19.6 Å². The van der Waals surface area contributed by atoms with Crippen molar-refractivity contribution in [1.82, 2.24) is 9.88 Å². The standard InChI is InChI=1S/C25H32N2O3S/c1-3-5-6-7-15-27-24(28)23(31-25(27)29)17-20-9-12-22(13-10-20)30-16-14-21-11-8-19(4-2)18-26-21/h8-13,18,23H,3-7,14-17H2,1-2H3. The van der Waals surface area contributed by atoms with Crippen LogP contribution in [0.25, 0.3) is 0 Å². The molecule has 0 radical (unpaired) electrons. The number of hydrogen-bond donors (Lipinski definition) is 0. The summed E-state index contributed by atoms with van der Waals surface area (Å²) in [7, 11) is 0. The van der Waals surface area contributed by atoms with Crippen molar-refractivity contribution < 1.29 is 14.3 Å². The molecule has 6 heteroatoms. The number of carbonyl (C=O) groups is 2. The topological polar surface area (TPSA) is 59.5 Å². The zero-order valence-electron chi connectivity index (χ0n) is 18.5. The molecule has 31 heavy (non-hydrogen) atoms. The number of nitrogens with zero attached hydrogens (tertiary/aromatic N) is 2. The lowest BCUT2D eigenvalue weighted by atomic mass is 10.1. The Kier molecular flexibility index (Phi) is 8.95. The van der Waals surface area contributed by atoms with E-state index in [-0.39, 0.29) is 16.4 Å². The molecule has 3 rings (SSSR count). The zero-order valence-corrected chi connectivity index (χ0v) is 19.3. The number of ether oxygens (including phenoxy) is 1. The average molecular weight is 441 g/mol. The first-order valence-electron chi connectivity index (χ1n) is 11.3. The predicted octanol–water partition coefficient (Wildman–Crippen LogP) is 5.45. The van der Waals surface area contributed by atoms with Gasteiger partial charge in [0.1, 0.15) is 5.75 Å². The Balaban J connectivity index is 1.44. The molecular formula is C25H32N2O3S. The number of unbranched alkanes of at least 4 members (excludes halogenated alkanes) is 3. The number of amides is 2. The van der Waals surface area contributed by atoms with E-state index in [9.17, 15) is 9.59 Å². The summed E-state index contributed by atoms with van der Waals surface area (Å²) in [4.78, 5) is 30.7. The highest BCUT2D eigenvalue weighted by Crippen LogP contribution is 2.30. The van der Waals surface area contributed by atoms with Crippen molar-refractivity contribution in [2.24, 2.45) is 0 Å². The largest absolute Gasteiger partial charge is 0.493 e. The molecule has 1 aromatic carbocycles. The summed E-state index contributed by atoms with van der Waals surface area (Å²) >= 11 is 1.16. The summed E-state index contributed by atoms with van der Waals surface area (Å²) in [5, 5.41) is -0.422. The van der Waals surface area contributed by atoms with E-state index in [1.807, 2.05) is 30.5 Å². The van der Waals surface area contributed by atoms with Crippen LogP contribution in [0, 0.1) is 0 Å². The number of hydrogen-bond acceptors (Lipinski definition) is 5. The van der Waals surface area contributed by atoms with Crippen LogP contribution in [0.3, 0.4) is 0 Å². The lowest BCUT2D eigenvalue weighted by molar-refractivity contribution is -0.126. The van der Waals surface area contributed by atoms with E-state index < -0.39 is 0 Å². The molecule has 1 aromatic heterocycles. The summed E-state index contributed by atoms with van der Waals surface area (Å²) < 4.78 is 5.84. The first kappa shape index (κ1) is 23.3. The fourth-order valence-corrected chi connectivity index (χ4v) is 4.60. The lowest BCUT2D eigenvalue weighted by Gasteiger charge is -2.13. The molecule has 1 aliphatic heterocycles. The van der Waals surface area contributed by atoms with Gasteiger partial charge in [0.2, 0.25) is 5.91 Å². The van der Waals surface area contributed by atoms with Crippen LogP contribution < -0.4 is 4.74 Å². The van der Waals surface area contributed by atoms with E-state index in [0.717, 1.165) is 67.3 Å². The maximum Gasteiger partial charge on any atom is 0.289 e. The van der Waals surface area contributed by atoms with Gasteiger partial charge in [0.05, 0.1) is 11.9 Å². The van der Waals surface area contributed by atoms with Crippen molar-refractivity contribution in [1.29, 1.82) is 0 Å². The van der Waals surface area contributed by atoms with Gasteiger partial charge in [0, 0.05) is 24.9 Å². The van der Waals surface area contributed by atoms with Gasteiger partial charge in [-0.2, -0.15) is 0 Å². The molecule has 1 atom stereocenters. The van der Waals surface area contributed by atoms with Gasteiger partial charge in [-0.1, -0.05) is 63.1 Å². The Hall–Kier alpha value is -2.34. The molecule has 2 amide bonds. The van der Waals surface area contributed by atoms with E-state index in [4.69, 9.17) is 4.74 Å². The van der Waals surface area contributed by atoms with Gasteiger partial charge in [-0.15, -0.1) is 0 Å². The molecule has 2 aromatic rings. The lowest BCUT2D eigenvalue weighted by Crippen LogP contribution is -2.33. The number of thioether (sulfide) groups is 1. The summed E-state index contributed by atoms with van der Waals surface area (Å²) in [6.07, 6.45) is 8.47. The first-order chi connectivity index (χ1) is 15.1. The Morgan fingerprint density at radius 3 is 2.45 bits per heavy atom. The van der Waals surface area contributed by atoms with Crippen molar-refractivity contribution in [3.05, 3.63) is 59.4 Å². The highest BCUT2D eigenvalue weighted by Gasteiger charge is 2.38. The highest BCUT2D eigenvalue weighted by molar-refractivity contribution is 8.15. The molecule has 166 valence electrons. The number of aryl methyl sites for hydroxylation is 1. The van der Waals surface area contributed by atoms with Crippen molar-refractivity contribution in [3.8, 4) is 5.75 Å². The molecule has 0 bridgehead atoms. The van der Waals surface area contributed by atoms with Gasteiger partial charge in [0.15, 0.2) is 0 Å². The molecule has 2 heterocycles. The fraction of sp³-hybridized carbons (Fsp3) is 0.480. The van der Waals surface area contributed by atoms with E-state index in [2.05, 4.69) is 31.0 Å². The second-order valence-corrected chi connectivity index (χ2v) is 9.03. The molecule has 0 saturated carbocycles. The Morgan fingerprint density at radius 2 is 1.77 bits per heavy atom. The SMILES string of the molecule is CCCCCCN1C(=O)SC(Cc2ccc(OCCc3ccc(CC)cn3)cc2)C1=O. The minimum Gasteiger partial charge on any atom is -0.493 e. The third-order valence-corrected chi connectivity index (χ3v) is 6.58. The maximum atomic E-state index is 12.6. The van der Waals surface area contributed by atoms with Gasteiger partial charge in [-0.3, -0.25) is 19.5 Å². The third-order valence-electron chi connectivity index (χ3n) is 5.51. The molecular weight excluding hydrogens is 408 g/mol. The molecule has 1 aliphatic rings. The van der Waals surface area contributed by atoms with E-state index in [1.165, 1.54) is 10.5 Å².